The molecule has 2 aromatic heterocycles. The maximum absolute atomic E-state index is 12.7. The molecule has 2 fully saturated rings. The Morgan fingerprint density at radius 1 is 1.43 bits per heavy atom. The predicted octanol–water partition coefficient (Wildman–Crippen LogP) is 2.29. The summed E-state index contributed by atoms with van der Waals surface area (Å²) in [6.45, 7) is 7.88. The second kappa shape index (κ2) is 7.23. The van der Waals surface area contributed by atoms with Gasteiger partial charge in [0.15, 0.2) is 11.2 Å². The minimum Gasteiger partial charge on any atom is -0.476 e. The largest absolute Gasteiger partial charge is 0.476 e. The molecule has 4 rings (SSSR count). The molecular weight excluding hydrogens is 389 g/mol. The van der Waals surface area contributed by atoms with E-state index in [1.165, 1.54) is 0 Å². The van der Waals surface area contributed by atoms with Crippen molar-refractivity contribution >= 4 is 24.9 Å². The summed E-state index contributed by atoms with van der Waals surface area (Å²) in [5.74, 6) is 0.235. The van der Waals surface area contributed by atoms with Crippen molar-refractivity contribution in [3.8, 4) is 5.88 Å². The van der Waals surface area contributed by atoms with E-state index in [2.05, 4.69) is 15.0 Å². The lowest BCUT2D eigenvalue weighted by molar-refractivity contribution is -0.0733. The molecule has 0 bridgehead atoms. The van der Waals surface area contributed by atoms with Gasteiger partial charge in [0.25, 0.3) is 0 Å². The van der Waals surface area contributed by atoms with E-state index in [-0.39, 0.29) is 30.7 Å². The van der Waals surface area contributed by atoms with Gasteiger partial charge < -0.3 is 15.2 Å². The molecule has 12 heteroatoms. The predicted molar refractivity (Wildman–Crippen MR) is 98.6 cm³/mol. The fourth-order valence-electron chi connectivity index (χ4n) is 3.49. The van der Waals surface area contributed by atoms with Gasteiger partial charge in [-0.1, -0.05) is 6.92 Å². The zero-order valence-corrected chi connectivity index (χ0v) is 17.0. The molecule has 2 saturated heterocycles. The van der Waals surface area contributed by atoms with Crippen molar-refractivity contribution in [2.75, 3.05) is 18.9 Å². The van der Waals surface area contributed by atoms with Crippen LogP contribution in [0.4, 0.5) is 5.95 Å². The molecule has 5 atom stereocenters. The Hall–Kier alpha value is -1.78. The number of fused-ring (bicyclic) bond motifs is 2. The third-order valence-electron chi connectivity index (χ3n) is 4.60. The van der Waals surface area contributed by atoms with Gasteiger partial charge in [-0.25, -0.2) is 9.55 Å². The number of anilines is 1. The number of hydrogen-bond acceptors (Lipinski definition) is 10. The summed E-state index contributed by atoms with van der Waals surface area (Å²) in [4.78, 5) is 12.8. The Morgan fingerprint density at radius 3 is 2.93 bits per heavy atom. The van der Waals surface area contributed by atoms with Crippen LogP contribution >= 0.6 is 7.82 Å². The summed E-state index contributed by atoms with van der Waals surface area (Å²) in [5, 5.41) is 0. The molecule has 2 N–H and O–H groups in total. The number of rotatable bonds is 5. The highest BCUT2D eigenvalue weighted by Crippen LogP contribution is 2.58. The molecule has 0 aliphatic carbocycles. The van der Waals surface area contributed by atoms with Crippen LogP contribution in [0.25, 0.3) is 11.2 Å². The van der Waals surface area contributed by atoms with Crippen molar-refractivity contribution in [2.45, 2.75) is 52.2 Å². The van der Waals surface area contributed by atoms with E-state index in [1.54, 1.807) is 24.7 Å². The Labute approximate surface area is 162 Å². The molecule has 0 radical (unpaired) electrons. The SMILES string of the molecule is CCOc1nc(N)nc2c1ncn2[C@@H]1O[C@@H]2CO[P@@](=O)(OC(C)C)O[C@H]2C1C. The number of nitrogens with two attached hydrogens (primary N) is 1. The van der Waals surface area contributed by atoms with E-state index in [4.69, 9.17) is 28.8 Å². The van der Waals surface area contributed by atoms with Crippen LogP contribution in [-0.4, -0.2) is 51.0 Å². The van der Waals surface area contributed by atoms with Gasteiger partial charge in [-0.05, 0) is 20.8 Å². The minimum atomic E-state index is -3.62. The van der Waals surface area contributed by atoms with Gasteiger partial charge in [0.2, 0.25) is 11.8 Å². The monoisotopic (exact) mass is 413 g/mol. The topological polar surface area (TPSA) is 133 Å². The molecule has 154 valence electrons. The van der Waals surface area contributed by atoms with Gasteiger partial charge in [-0.2, -0.15) is 9.97 Å². The Morgan fingerprint density at radius 2 is 2.21 bits per heavy atom. The van der Waals surface area contributed by atoms with E-state index in [9.17, 15) is 4.57 Å². The molecule has 1 unspecified atom stereocenters. The summed E-state index contributed by atoms with van der Waals surface area (Å²) < 4.78 is 42.5. The van der Waals surface area contributed by atoms with Crippen LogP contribution < -0.4 is 10.5 Å². The van der Waals surface area contributed by atoms with E-state index in [0.29, 0.717) is 23.7 Å². The normalized spacial score (nSPS) is 32.8. The molecule has 4 heterocycles. The van der Waals surface area contributed by atoms with Crippen LogP contribution in [0.3, 0.4) is 0 Å². The van der Waals surface area contributed by atoms with Crippen molar-refractivity contribution in [3.63, 3.8) is 0 Å². The number of phosphoric acid groups is 1. The first-order valence-corrected chi connectivity index (χ1v) is 10.7. The summed E-state index contributed by atoms with van der Waals surface area (Å²) >= 11 is 0. The Kier molecular flexibility index (Phi) is 5.05. The lowest BCUT2D eigenvalue weighted by atomic mass is 10.0. The first-order valence-electron chi connectivity index (χ1n) is 9.21. The quantitative estimate of drug-likeness (QED) is 0.728. The smallest absolute Gasteiger partial charge is 0.475 e. The number of ether oxygens (including phenoxy) is 2. The molecule has 2 aliphatic rings. The van der Waals surface area contributed by atoms with Crippen molar-refractivity contribution in [1.29, 1.82) is 0 Å². The highest BCUT2D eigenvalue weighted by atomic mass is 31.2. The molecule has 28 heavy (non-hydrogen) atoms. The minimum absolute atomic E-state index is 0.0789. The van der Waals surface area contributed by atoms with Crippen LogP contribution in [0, 0.1) is 5.92 Å². The van der Waals surface area contributed by atoms with E-state index in [0.717, 1.165) is 0 Å². The van der Waals surface area contributed by atoms with Crippen LogP contribution in [0.5, 0.6) is 5.88 Å². The van der Waals surface area contributed by atoms with Crippen LogP contribution in [0.15, 0.2) is 6.33 Å². The maximum atomic E-state index is 12.7. The second-order valence-electron chi connectivity index (χ2n) is 7.04. The van der Waals surface area contributed by atoms with Crippen LogP contribution in [0.2, 0.25) is 0 Å². The van der Waals surface area contributed by atoms with Gasteiger partial charge in [0.05, 0.1) is 25.6 Å². The number of nitrogen functional groups attached to an aromatic ring is 1. The Balaban J connectivity index is 1.64. The fourth-order valence-corrected chi connectivity index (χ4v) is 5.13. The van der Waals surface area contributed by atoms with Gasteiger partial charge in [-0.15, -0.1) is 0 Å². The van der Waals surface area contributed by atoms with E-state index in [1.807, 2.05) is 13.8 Å². The molecule has 0 amide bonds. The van der Waals surface area contributed by atoms with Gasteiger partial charge in [0.1, 0.15) is 18.4 Å². The average molecular weight is 413 g/mol. The highest BCUT2D eigenvalue weighted by Gasteiger charge is 2.52. The van der Waals surface area contributed by atoms with Gasteiger partial charge >= 0.3 is 7.82 Å². The van der Waals surface area contributed by atoms with Crippen LogP contribution in [0.1, 0.15) is 33.9 Å². The number of hydrogen-bond donors (Lipinski definition) is 1. The van der Waals surface area contributed by atoms with Crippen LogP contribution in [-0.2, 0) is 22.9 Å². The van der Waals surface area contributed by atoms with Gasteiger partial charge in [0, 0.05) is 5.92 Å². The summed E-state index contributed by atoms with van der Waals surface area (Å²) in [6, 6.07) is 0. The fraction of sp³-hybridized carbons (Fsp3) is 0.688. The first-order chi connectivity index (χ1) is 13.3. The molecule has 11 nitrogen and oxygen atoms in total. The number of aromatic nitrogens is 4. The highest BCUT2D eigenvalue weighted by molar-refractivity contribution is 7.48. The standard InChI is InChI=1S/C16H24N5O6P/c1-5-23-14-11-13(19-16(17)20-14)21(7-18-11)15-9(4)12-10(25-15)6-24-28(22,27-12)26-8(2)3/h7-10,12,15H,5-6H2,1-4H3,(H2,17,19,20)/t9?,10-,12+,15-,28+/m1/s1. The maximum Gasteiger partial charge on any atom is 0.475 e. The zero-order valence-electron chi connectivity index (χ0n) is 16.1. The molecule has 0 aromatic carbocycles. The van der Waals surface area contributed by atoms with E-state index >= 15 is 0 Å². The molecular formula is C16H24N5O6P. The van der Waals surface area contributed by atoms with Crippen molar-refractivity contribution in [1.82, 2.24) is 19.5 Å². The van der Waals surface area contributed by atoms with Crippen molar-refractivity contribution in [3.05, 3.63) is 6.33 Å². The summed E-state index contributed by atoms with van der Waals surface area (Å²) in [7, 11) is -3.62. The van der Waals surface area contributed by atoms with E-state index < -0.39 is 20.2 Å². The Bertz CT molecular complexity index is 920. The number of nitrogens with zero attached hydrogens (tertiary/aromatic N) is 4. The number of imidazole rings is 1. The average Bonchev–Trinajstić information content (AvgIpc) is 3.16. The molecule has 2 aliphatic heterocycles. The molecule has 2 aromatic rings. The van der Waals surface area contributed by atoms with Crippen molar-refractivity contribution < 1.29 is 27.6 Å². The molecule has 0 spiro atoms. The lowest BCUT2D eigenvalue weighted by Crippen LogP contribution is -2.36. The lowest BCUT2D eigenvalue weighted by Gasteiger charge is -2.32. The van der Waals surface area contributed by atoms with Gasteiger partial charge in [-0.3, -0.25) is 18.1 Å². The second-order valence-corrected chi connectivity index (χ2v) is 8.61. The summed E-state index contributed by atoms with van der Waals surface area (Å²) in [5.41, 5.74) is 6.82. The zero-order chi connectivity index (χ0) is 20.1. The third kappa shape index (κ3) is 3.37. The number of phosphoric ester groups is 1. The third-order valence-corrected chi connectivity index (χ3v) is 6.25. The first kappa shape index (κ1) is 19.5. The summed E-state index contributed by atoms with van der Waals surface area (Å²) in [6.07, 6.45) is 0.0143. The van der Waals surface area contributed by atoms with Crippen molar-refractivity contribution in [2.24, 2.45) is 5.92 Å². The molecule has 0 saturated carbocycles.